The maximum atomic E-state index is 11.9. The lowest BCUT2D eigenvalue weighted by Gasteiger charge is -2.34. The molecule has 2 aliphatic rings. The quantitative estimate of drug-likeness (QED) is 0.500. The molecule has 0 bridgehead atoms. The van der Waals surface area contributed by atoms with Crippen molar-refractivity contribution in [3.63, 3.8) is 0 Å². The summed E-state index contributed by atoms with van der Waals surface area (Å²) in [5.74, 6) is -0.181. The number of hydrogen-bond acceptors (Lipinski definition) is 7. The molecule has 152 valence electrons. The molecule has 1 amide bonds. The Morgan fingerprint density at radius 1 is 1.13 bits per heavy atom. The van der Waals surface area contributed by atoms with Gasteiger partial charge in [0.25, 0.3) is 5.91 Å². The van der Waals surface area contributed by atoms with Crippen molar-refractivity contribution in [2.24, 2.45) is 0 Å². The van der Waals surface area contributed by atoms with E-state index in [0.29, 0.717) is 14.9 Å². The number of carbonyl (C=O) groups is 1. The van der Waals surface area contributed by atoms with Crippen LogP contribution in [0.1, 0.15) is 5.69 Å². The summed E-state index contributed by atoms with van der Waals surface area (Å²) in [5.41, 5.74) is 4.71. The van der Waals surface area contributed by atoms with Crippen LogP contribution in [0.15, 0.2) is 47.6 Å². The number of likely N-dealkylation sites (N-methyl/N-ethyl adjacent to an activating group) is 1. The molecule has 9 heteroatoms. The summed E-state index contributed by atoms with van der Waals surface area (Å²) in [5, 5.41) is 7.05. The molecule has 1 aromatic carbocycles. The molecule has 0 radical (unpaired) electrons. The molecule has 2 fully saturated rings. The summed E-state index contributed by atoms with van der Waals surface area (Å²) in [4.78, 5) is 22.0. The van der Waals surface area contributed by atoms with E-state index < -0.39 is 0 Å². The number of nitrogens with zero attached hydrogens (tertiary/aromatic N) is 5. The third-order valence-corrected chi connectivity index (χ3v) is 6.52. The number of hydrogen-bond donors (Lipinski definition) is 1. The molecular weight excluding hydrogens is 416 g/mol. The first-order valence-electron chi connectivity index (χ1n) is 9.70. The highest BCUT2D eigenvalue weighted by molar-refractivity contribution is 8.26. The van der Waals surface area contributed by atoms with Crippen molar-refractivity contribution >= 4 is 51.6 Å². The van der Waals surface area contributed by atoms with E-state index in [9.17, 15) is 4.79 Å². The number of nitrogens with one attached hydrogen (secondary N) is 1. The maximum Gasteiger partial charge on any atom is 0.263 e. The van der Waals surface area contributed by atoms with Gasteiger partial charge in [-0.15, -0.1) is 0 Å². The predicted octanol–water partition coefficient (Wildman–Crippen LogP) is 2.64. The van der Waals surface area contributed by atoms with Crippen LogP contribution in [0, 0.1) is 0 Å². The van der Waals surface area contributed by atoms with Gasteiger partial charge in [-0.1, -0.05) is 36.1 Å². The Morgan fingerprint density at radius 3 is 2.60 bits per heavy atom. The number of rotatable bonds is 3. The first kappa shape index (κ1) is 19.2. The largest absolute Gasteiger partial charge is 0.369 e. The van der Waals surface area contributed by atoms with Crippen LogP contribution in [0.3, 0.4) is 0 Å². The van der Waals surface area contributed by atoms with Gasteiger partial charge in [0.1, 0.15) is 4.32 Å². The smallest absolute Gasteiger partial charge is 0.263 e. The number of aromatic nitrogens is 3. The Morgan fingerprint density at radius 2 is 1.90 bits per heavy atom. The van der Waals surface area contributed by atoms with E-state index in [1.165, 1.54) is 17.4 Å². The van der Waals surface area contributed by atoms with Gasteiger partial charge in [-0.2, -0.15) is 5.10 Å². The number of benzene rings is 1. The molecular formula is C21H20N6OS2. The third kappa shape index (κ3) is 3.71. The van der Waals surface area contributed by atoms with Gasteiger partial charge in [-0.05, 0) is 36.9 Å². The Balaban J connectivity index is 1.44. The van der Waals surface area contributed by atoms with E-state index in [4.69, 9.17) is 17.2 Å². The van der Waals surface area contributed by atoms with Crippen LogP contribution in [0.5, 0.6) is 0 Å². The molecule has 4 heterocycles. The number of thioether (sulfide) groups is 1. The minimum Gasteiger partial charge on any atom is -0.369 e. The van der Waals surface area contributed by atoms with Gasteiger partial charge >= 0.3 is 0 Å². The fourth-order valence-electron chi connectivity index (χ4n) is 3.64. The number of carbonyl (C=O) groups excluding carboxylic acids is 1. The Labute approximate surface area is 183 Å². The first-order chi connectivity index (χ1) is 14.6. The Bertz CT molecular complexity index is 1160. The van der Waals surface area contributed by atoms with Crippen LogP contribution in [0.4, 0.5) is 5.69 Å². The summed E-state index contributed by atoms with van der Waals surface area (Å²) in [6.45, 7) is 4.25. The molecule has 7 nitrogen and oxygen atoms in total. The lowest BCUT2D eigenvalue weighted by molar-refractivity contribution is -0.115. The molecule has 5 rings (SSSR count). The third-order valence-electron chi connectivity index (χ3n) is 5.36. The number of piperazine rings is 1. The van der Waals surface area contributed by atoms with E-state index >= 15 is 0 Å². The van der Waals surface area contributed by atoms with E-state index in [-0.39, 0.29) is 5.91 Å². The zero-order chi connectivity index (χ0) is 20.7. The zero-order valence-corrected chi connectivity index (χ0v) is 18.0. The molecule has 0 atom stereocenters. The molecule has 0 spiro atoms. The van der Waals surface area contributed by atoms with Gasteiger partial charge in [0.15, 0.2) is 5.65 Å². The molecule has 0 saturated carbocycles. The molecule has 1 N–H and O–H groups in total. The number of anilines is 1. The monoisotopic (exact) mass is 436 g/mol. The average Bonchev–Trinajstić information content (AvgIpc) is 3.31. The van der Waals surface area contributed by atoms with Crippen LogP contribution in [-0.2, 0) is 4.79 Å². The highest BCUT2D eigenvalue weighted by Crippen LogP contribution is 2.28. The second-order valence-electron chi connectivity index (χ2n) is 7.37. The van der Waals surface area contributed by atoms with Crippen molar-refractivity contribution in [1.82, 2.24) is 24.8 Å². The number of amides is 1. The van der Waals surface area contributed by atoms with Gasteiger partial charge in [0.05, 0.1) is 16.8 Å². The van der Waals surface area contributed by atoms with Crippen molar-refractivity contribution in [2.75, 3.05) is 38.1 Å². The zero-order valence-electron chi connectivity index (χ0n) is 16.4. The summed E-state index contributed by atoms with van der Waals surface area (Å²) in [7, 11) is 2.16. The standard InChI is InChI=1S/C21H20N6OS2/c1-25-8-10-26(11-9-25)16-4-2-14(3-5-16)17-13-22-27-7-6-15(23-19(17)27)12-18-20(28)24-21(29)30-18/h2-7,12-13H,8-11H2,1H3,(H,24,28,29). The first-order valence-corrected chi connectivity index (χ1v) is 10.9. The fourth-order valence-corrected chi connectivity index (χ4v) is 4.67. The lowest BCUT2D eigenvalue weighted by Crippen LogP contribution is -2.44. The second-order valence-corrected chi connectivity index (χ2v) is 9.09. The van der Waals surface area contributed by atoms with Gasteiger partial charge in [0, 0.05) is 43.6 Å². The summed E-state index contributed by atoms with van der Waals surface area (Å²) in [6.07, 6.45) is 5.44. The van der Waals surface area contributed by atoms with E-state index in [2.05, 4.69) is 51.5 Å². The average molecular weight is 437 g/mol. The predicted molar refractivity (Wildman–Crippen MR) is 124 cm³/mol. The van der Waals surface area contributed by atoms with E-state index in [1.54, 1.807) is 10.6 Å². The topological polar surface area (TPSA) is 65.8 Å². The maximum absolute atomic E-state index is 11.9. The van der Waals surface area contributed by atoms with Gasteiger partial charge in [0.2, 0.25) is 0 Å². The van der Waals surface area contributed by atoms with Crippen LogP contribution >= 0.6 is 24.0 Å². The van der Waals surface area contributed by atoms with Crippen LogP contribution < -0.4 is 10.2 Å². The van der Waals surface area contributed by atoms with Crippen molar-refractivity contribution < 1.29 is 4.79 Å². The van der Waals surface area contributed by atoms with E-state index in [0.717, 1.165) is 43.0 Å². The Kier molecular flexibility index (Phi) is 5.01. The SMILES string of the molecule is CN1CCN(c2ccc(-c3cnn4ccc(C=C5SC(=S)NC5=O)nc34)cc2)CC1. The molecule has 2 aromatic heterocycles. The van der Waals surface area contributed by atoms with Crippen molar-refractivity contribution in [3.05, 3.63) is 53.3 Å². The van der Waals surface area contributed by atoms with Crippen molar-refractivity contribution in [1.29, 1.82) is 0 Å². The molecule has 3 aromatic rings. The van der Waals surface area contributed by atoms with E-state index in [1.807, 2.05) is 18.5 Å². The second kappa shape index (κ2) is 7.82. The van der Waals surface area contributed by atoms with Crippen molar-refractivity contribution in [2.45, 2.75) is 0 Å². The number of fused-ring (bicyclic) bond motifs is 1. The molecule has 2 saturated heterocycles. The lowest BCUT2D eigenvalue weighted by atomic mass is 10.1. The Hall–Kier alpha value is -2.75. The van der Waals surface area contributed by atoms with Crippen molar-refractivity contribution in [3.8, 4) is 11.1 Å². The molecule has 0 aliphatic carbocycles. The fraction of sp³-hybridized carbons (Fsp3) is 0.238. The van der Waals surface area contributed by atoms with Crippen LogP contribution in [0.2, 0.25) is 0 Å². The van der Waals surface area contributed by atoms with Crippen LogP contribution in [0.25, 0.3) is 22.9 Å². The minimum atomic E-state index is -0.181. The molecule has 0 unspecified atom stereocenters. The molecule has 2 aliphatic heterocycles. The minimum absolute atomic E-state index is 0.181. The summed E-state index contributed by atoms with van der Waals surface area (Å²) in [6, 6.07) is 10.4. The summed E-state index contributed by atoms with van der Waals surface area (Å²) >= 11 is 6.30. The van der Waals surface area contributed by atoms with Gasteiger partial charge in [-0.3, -0.25) is 4.79 Å². The highest BCUT2D eigenvalue weighted by Gasteiger charge is 2.22. The highest BCUT2D eigenvalue weighted by atomic mass is 32.2. The number of thiocarbonyl (C=S) groups is 1. The molecule has 30 heavy (non-hydrogen) atoms. The summed E-state index contributed by atoms with van der Waals surface area (Å²) < 4.78 is 2.22. The van der Waals surface area contributed by atoms with Gasteiger partial charge in [-0.25, -0.2) is 9.50 Å². The van der Waals surface area contributed by atoms with Crippen LogP contribution in [-0.4, -0.2) is 63.0 Å². The van der Waals surface area contributed by atoms with Gasteiger partial charge < -0.3 is 15.1 Å². The normalized spacial score (nSPS) is 19.1.